The van der Waals surface area contributed by atoms with Gasteiger partial charge < -0.3 is 18.2 Å². The Hall–Kier alpha value is 1.56. The Bertz CT molecular complexity index is 1920. The van der Waals surface area contributed by atoms with Crippen molar-refractivity contribution in [3.05, 3.63) is 36.4 Å². The molecule has 0 fully saturated rings. The molecule has 170 valence electrons. The second-order valence-electron chi connectivity index (χ2n) is 6.67. The first kappa shape index (κ1) is 37.6. The number of hydrogen-bond donors (Lipinski definition) is 0. The van der Waals surface area contributed by atoms with Crippen LogP contribution in [0.4, 0.5) is 0 Å². The fourth-order valence-corrected chi connectivity index (χ4v) is 6.33. The summed E-state index contributed by atoms with van der Waals surface area (Å²) < 4.78 is 141. The van der Waals surface area contributed by atoms with Gasteiger partial charge in [0.25, 0.3) is 0 Å². The topological polar surface area (TPSA) is 229 Å². The molecule has 0 aliphatic heterocycles. The maximum Gasteiger partial charge on any atom is 1.00 e. The Labute approximate surface area is 294 Å². The van der Waals surface area contributed by atoms with E-state index in [1.165, 1.54) is 0 Å². The molecule has 0 N–H and O–H groups in total. The third-order valence-corrected chi connectivity index (χ3v) is 8.23. The monoisotopic (exact) mass is 610 g/mol. The Balaban J connectivity index is 0.00000306. The Morgan fingerprint density at radius 2 is 0.861 bits per heavy atom. The van der Waals surface area contributed by atoms with Gasteiger partial charge in [0, 0.05) is 16.2 Å². The van der Waals surface area contributed by atoms with Gasteiger partial charge in [-0.1, -0.05) is 12.1 Å². The van der Waals surface area contributed by atoms with E-state index >= 15 is 0 Å². The third-order valence-electron chi connectivity index (χ3n) is 4.79. The van der Waals surface area contributed by atoms with E-state index in [4.69, 9.17) is 0 Å². The molecular formula is C16H6Na4O12S4. The zero-order valence-corrected chi connectivity index (χ0v) is 30.3. The van der Waals surface area contributed by atoms with Gasteiger partial charge in [0.15, 0.2) is 0 Å². The summed E-state index contributed by atoms with van der Waals surface area (Å²) in [4.78, 5) is -4.47. The summed E-state index contributed by atoms with van der Waals surface area (Å²) >= 11 is 0. The minimum atomic E-state index is -5.50. The fraction of sp³-hybridized carbons (Fsp3) is 0. The van der Waals surface area contributed by atoms with E-state index in [2.05, 4.69) is 0 Å². The molecule has 0 bridgehead atoms. The van der Waals surface area contributed by atoms with Crippen LogP contribution in [0.25, 0.3) is 32.3 Å². The first-order valence-corrected chi connectivity index (χ1v) is 13.7. The van der Waals surface area contributed by atoms with E-state index in [1.54, 1.807) is 0 Å². The smallest absolute Gasteiger partial charge is 0.744 e. The average Bonchev–Trinajstić information content (AvgIpc) is 2.61. The van der Waals surface area contributed by atoms with Crippen molar-refractivity contribution < 1.29 is 170 Å². The fourth-order valence-electron chi connectivity index (χ4n) is 3.63. The minimum absolute atomic E-state index is 0. The molecule has 12 nitrogen and oxygen atoms in total. The van der Waals surface area contributed by atoms with E-state index < -0.39 is 81.6 Å². The summed E-state index contributed by atoms with van der Waals surface area (Å²) in [6.45, 7) is 0. The third kappa shape index (κ3) is 6.88. The number of benzene rings is 4. The summed E-state index contributed by atoms with van der Waals surface area (Å²) in [5.74, 6) is 0. The molecule has 0 saturated carbocycles. The second-order valence-corrected chi connectivity index (χ2v) is 12.1. The Morgan fingerprint density at radius 3 is 1.31 bits per heavy atom. The summed E-state index contributed by atoms with van der Waals surface area (Å²) in [6, 6.07) is 4.09. The van der Waals surface area contributed by atoms with Gasteiger partial charge in [0.2, 0.25) is 0 Å². The van der Waals surface area contributed by atoms with E-state index in [0.717, 1.165) is 18.2 Å². The maximum atomic E-state index is 11.9. The van der Waals surface area contributed by atoms with Crippen LogP contribution in [0.15, 0.2) is 56.0 Å². The van der Waals surface area contributed by atoms with Gasteiger partial charge in [-0.25, -0.2) is 33.7 Å². The summed E-state index contributed by atoms with van der Waals surface area (Å²) in [5, 5.41) is -2.65. The van der Waals surface area contributed by atoms with Crippen molar-refractivity contribution in [2.75, 3.05) is 0 Å². The molecule has 4 aromatic carbocycles. The predicted octanol–water partition coefficient (Wildman–Crippen LogP) is -11.8. The molecule has 20 heteroatoms. The number of hydrogen-bond acceptors (Lipinski definition) is 12. The van der Waals surface area contributed by atoms with Crippen LogP contribution in [0.2, 0.25) is 0 Å². The number of rotatable bonds is 4. The summed E-state index contributed by atoms with van der Waals surface area (Å²) in [7, 11) is -21.5. The molecule has 0 radical (unpaired) electrons. The largest absolute Gasteiger partial charge is 1.00 e. The van der Waals surface area contributed by atoms with Crippen molar-refractivity contribution in [2.24, 2.45) is 0 Å². The van der Waals surface area contributed by atoms with Crippen LogP contribution < -0.4 is 118 Å². The Morgan fingerprint density at radius 1 is 0.444 bits per heavy atom. The van der Waals surface area contributed by atoms with Gasteiger partial charge in [0.1, 0.15) is 40.5 Å². The van der Waals surface area contributed by atoms with Crippen LogP contribution >= 0.6 is 0 Å². The van der Waals surface area contributed by atoms with Gasteiger partial charge in [0.05, 0.1) is 19.6 Å². The minimum Gasteiger partial charge on any atom is -0.744 e. The molecule has 4 aromatic rings. The summed E-state index contributed by atoms with van der Waals surface area (Å²) in [5.41, 5.74) is 0. The molecule has 0 saturated heterocycles. The molecule has 0 heterocycles. The zero-order chi connectivity index (χ0) is 24.0. The normalized spacial score (nSPS) is 12.4. The average molecular weight is 610 g/mol. The second kappa shape index (κ2) is 12.2. The van der Waals surface area contributed by atoms with Crippen molar-refractivity contribution in [3.8, 4) is 0 Å². The molecule has 0 unspecified atom stereocenters. The van der Waals surface area contributed by atoms with Gasteiger partial charge >= 0.3 is 118 Å². The summed E-state index contributed by atoms with van der Waals surface area (Å²) in [6.07, 6.45) is 0. The van der Waals surface area contributed by atoms with Crippen LogP contribution in [-0.2, 0) is 40.5 Å². The molecule has 0 spiro atoms. The van der Waals surface area contributed by atoms with Gasteiger partial charge in [-0.05, 0) is 40.4 Å². The van der Waals surface area contributed by atoms with E-state index in [-0.39, 0.29) is 135 Å². The first-order chi connectivity index (χ1) is 14.4. The van der Waals surface area contributed by atoms with Crippen molar-refractivity contribution >= 4 is 72.8 Å². The standard InChI is InChI=1S/C16H10O12S4.4Na/c17-29(18,19)8-3-7-1-2-9-13(31(23,24)25)6-14(32(26,27)28)11-5-12(30(20,21)22)10(4-8)15(7)16(9)11;;;;/h1-6H,(H,17,18,19)(H,20,21,22)(H,23,24,25)(H,26,27,28);;;;/q;4*+1/p-4. The van der Waals surface area contributed by atoms with Crippen molar-refractivity contribution in [2.45, 2.75) is 19.6 Å². The van der Waals surface area contributed by atoms with Crippen LogP contribution in [-0.4, -0.2) is 51.9 Å². The van der Waals surface area contributed by atoms with Crippen LogP contribution in [0.1, 0.15) is 0 Å². The van der Waals surface area contributed by atoms with Crippen LogP contribution in [0.3, 0.4) is 0 Å². The van der Waals surface area contributed by atoms with E-state index in [9.17, 15) is 51.9 Å². The van der Waals surface area contributed by atoms with Gasteiger partial charge in [-0.2, -0.15) is 0 Å². The molecule has 0 aromatic heterocycles. The Kier molecular flexibility index (Phi) is 12.7. The molecule has 4 rings (SSSR count). The van der Waals surface area contributed by atoms with Crippen LogP contribution in [0.5, 0.6) is 0 Å². The molecule has 0 atom stereocenters. The van der Waals surface area contributed by atoms with Crippen LogP contribution in [0, 0.1) is 0 Å². The van der Waals surface area contributed by atoms with E-state index in [0.29, 0.717) is 12.1 Å². The quantitative estimate of drug-likeness (QED) is 0.119. The predicted molar refractivity (Wildman–Crippen MR) is 102 cm³/mol. The van der Waals surface area contributed by atoms with Crippen molar-refractivity contribution in [1.82, 2.24) is 0 Å². The molecule has 0 amide bonds. The van der Waals surface area contributed by atoms with E-state index in [1.807, 2.05) is 0 Å². The molecule has 36 heavy (non-hydrogen) atoms. The maximum absolute atomic E-state index is 11.9. The van der Waals surface area contributed by atoms with Gasteiger partial charge in [-0.3, -0.25) is 0 Å². The first-order valence-electron chi connectivity index (χ1n) is 8.04. The van der Waals surface area contributed by atoms with Crippen molar-refractivity contribution in [1.29, 1.82) is 0 Å². The molecule has 0 aliphatic rings. The SMILES string of the molecule is O=S(=O)([O-])c1cc2ccc3c(S(=O)(=O)[O-])cc(S(=O)(=O)[O-])c4cc(S(=O)(=O)[O-])c(c1)c2c34.[Na+].[Na+].[Na+].[Na+]. The van der Waals surface area contributed by atoms with Gasteiger partial charge in [-0.15, -0.1) is 0 Å². The zero-order valence-electron chi connectivity index (χ0n) is 19.0. The molecule has 0 aliphatic carbocycles. The van der Waals surface area contributed by atoms with Crippen molar-refractivity contribution in [3.63, 3.8) is 0 Å². The molecular weight excluding hydrogens is 604 g/mol.